The molecule has 2 aromatic carbocycles. The maximum atomic E-state index is 12.6. The van der Waals surface area contributed by atoms with E-state index in [0.29, 0.717) is 12.1 Å². The minimum atomic E-state index is -1.01. The van der Waals surface area contributed by atoms with E-state index in [0.717, 1.165) is 22.3 Å². The lowest BCUT2D eigenvalue weighted by Crippen LogP contribution is -2.67. The summed E-state index contributed by atoms with van der Waals surface area (Å²) in [7, 11) is 0. The lowest BCUT2D eigenvalue weighted by atomic mass is 9.74. The Labute approximate surface area is 193 Å². The van der Waals surface area contributed by atoms with Crippen LogP contribution in [0.5, 0.6) is 0 Å². The predicted molar refractivity (Wildman–Crippen MR) is 124 cm³/mol. The number of nitrogens with one attached hydrogen (secondary N) is 1. The third-order valence-corrected chi connectivity index (χ3v) is 6.46. The molecule has 0 aromatic heterocycles. The van der Waals surface area contributed by atoms with Gasteiger partial charge >= 0.3 is 12.1 Å². The summed E-state index contributed by atoms with van der Waals surface area (Å²) in [6.07, 6.45) is 1.01. The van der Waals surface area contributed by atoms with Crippen molar-refractivity contribution in [1.29, 1.82) is 0 Å². The Morgan fingerprint density at radius 3 is 2.21 bits per heavy atom. The number of aliphatic carboxylic acids is 1. The van der Waals surface area contributed by atoms with Gasteiger partial charge in [-0.05, 0) is 29.2 Å². The molecule has 2 N–H and O–H groups in total. The summed E-state index contributed by atoms with van der Waals surface area (Å²) in [5.41, 5.74) is 4.52. The number of nitrogens with zero attached hydrogens (tertiary/aromatic N) is 1. The van der Waals surface area contributed by atoms with Gasteiger partial charge in [0, 0.05) is 30.0 Å². The van der Waals surface area contributed by atoms with Crippen LogP contribution in [-0.2, 0) is 14.3 Å². The number of amides is 2. The molecule has 33 heavy (non-hydrogen) atoms. The van der Waals surface area contributed by atoms with Crippen molar-refractivity contribution < 1.29 is 24.2 Å². The second kappa shape index (κ2) is 8.73. The Morgan fingerprint density at radius 1 is 1.09 bits per heavy atom. The normalized spacial score (nSPS) is 18.7. The first-order chi connectivity index (χ1) is 15.7. The van der Waals surface area contributed by atoms with Gasteiger partial charge in [-0.15, -0.1) is 0 Å². The molecule has 7 nitrogen and oxygen atoms in total. The highest BCUT2D eigenvalue weighted by Gasteiger charge is 2.52. The van der Waals surface area contributed by atoms with Gasteiger partial charge < -0.3 is 20.1 Å². The average molecular weight is 449 g/mol. The SMILES string of the molecule is C/C(=C\CNC(=O)OCC1c2ccccc2-c2ccccc21)C(=O)N1CC(C)(C)C1C(=O)O. The number of alkyl carbamates (subject to hydrolysis) is 1. The molecule has 1 aliphatic carbocycles. The van der Waals surface area contributed by atoms with E-state index in [1.807, 2.05) is 38.1 Å². The van der Waals surface area contributed by atoms with Crippen LogP contribution in [0.25, 0.3) is 11.1 Å². The first-order valence-corrected chi connectivity index (χ1v) is 11.0. The summed E-state index contributed by atoms with van der Waals surface area (Å²) in [5.74, 6) is -1.37. The summed E-state index contributed by atoms with van der Waals surface area (Å²) >= 11 is 0. The number of carboxylic acid groups (broad SMARTS) is 1. The molecule has 0 bridgehead atoms. The molecule has 0 spiro atoms. The van der Waals surface area contributed by atoms with E-state index in [2.05, 4.69) is 29.6 Å². The Bertz CT molecular complexity index is 1090. The maximum Gasteiger partial charge on any atom is 0.407 e. The molecule has 1 heterocycles. The van der Waals surface area contributed by atoms with E-state index < -0.39 is 23.5 Å². The quantitative estimate of drug-likeness (QED) is 0.656. The molecule has 0 saturated carbocycles. The number of likely N-dealkylation sites (tertiary alicyclic amines) is 1. The molecule has 1 fully saturated rings. The smallest absolute Gasteiger partial charge is 0.407 e. The predicted octanol–water partition coefficient (Wildman–Crippen LogP) is 3.79. The maximum absolute atomic E-state index is 12.6. The van der Waals surface area contributed by atoms with E-state index in [9.17, 15) is 19.5 Å². The van der Waals surface area contributed by atoms with Gasteiger partial charge in [0.2, 0.25) is 5.91 Å². The molecule has 7 heteroatoms. The average Bonchev–Trinajstić information content (AvgIpc) is 3.09. The van der Waals surface area contributed by atoms with Crippen LogP contribution >= 0.6 is 0 Å². The first-order valence-electron chi connectivity index (χ1n) is 11.0. The number of carbonyl (C=O) groups excluding carboxylic acids is 2. The van der Waals surface area contributed by atoms with Gasteiger partial charge in [-0.2, -0.15) is 0 Å². The van der Waals surface area contributed by atoms with Crippen molar-refractivity contribution in [3.05, 3.63) is 71.3 Å². The summed E-state index contributed by atoms with van der Waals surface area (Å²) < 4.78 is 5.49. The molecule has 4 rings (SSSR count). The largest absolute Gasteiger partial charge is 0.480 e. The lowest BCUT2D eigenvalue weighted by Gasteiger charge is -2.51. The summed E-state index contributed by atoms with van der Waals surface area (Å²) in [6.45, 7) is 5.98. The highest BCUT2D eigenvalue weighted by molar-refractivity contribution is 5.97. The van der Waals surface area contributed by atoms with Crippen LogP contribution in [-0.4, -0.2) is 53.7 Å². The van der Waals surface area contributed by atoms with Crippen molar-refractivity contribution in [2.45, 2.75) is 32.7 Å². The Morgan fingerprint density at radius 2 is 1.67 bits per heavy atom. The molecular weight excluding hydrogens is 420 g/mol. The van der Waals surface area contributed by atoms with Crippen LogP contribution in [0.2, 0.25) is 0 Å². The zero-order chi connectivity index (χ0) is 23.8. The van der Waals surface area contributed by atoms with Crippen LogP contribution in [0.4, 0.5) is 4.79 Å². The zero-order valence-electron chi connectivity index (χ0n) is 19.0. The monoisotopic (exact) mass is 448 g/mol. The number of carbonyl (C=O) groups is 3. The van der Waals surface area contributed by atoms with Crippen molar-refractivity contribution >= 4 is 18.0 Å². The second-order valence-corrected chi connectivity index (χ2v) is 9.26. The van der Waals surface area contributed by atoms with Crippen LogP contribution in [0.3, 0.4) is 0 Å². The van der Waals surface area contributed by atoms with Gasteiger partial charge in [0.15, 0.2) is 0 Å². The number of rotatable bonds is 6. The van der Waals surface area contributed by atoms with E-state index >= 15 is 0 Å². The topological polar surface area (TPSA) is 95.9 Å². The Balaban J connectivity index is 1.31. The molecule has 1 unspecified atom stereocenters. The minimum Gasteiger partial charge on any atom is -0.480 e. The Kier molecular flexibility index (Phi) is 5.97. The molecule has 1 aliphatic heterocycles. The van der Waals surface area contributed by atoms with E-state index in [1.54, 1.807) is 13.0 Å². The van der Waals surface area contributed by atoms with Gasteiger partial charge in [-0.3, -0.25) is 4.79 Å². The number of benzene rings is 2. The molecule has 1 saturated heterocycles. The highest BCUT2D eigenvalue weighted by Crippen LogP contribution is 2.44. The Hall–Kier alpha value is -3.61. The van der Waals surface area contributed by atoms with Crippen molar-refractivity contribution in [3.63, 3.8) is 0 Å². The van der Waals surface area contributed by atoms with Crippen molar-refractivity contribution in [1.82, 2.24) is 10.2 Å². The van der Waals surface area contributed by atoms with Crippen molar-refractivity contribution in [2.75, 3.05) is 19.7 Å². The zero-order valence-corrected chi connectivity index (χ0v) is 19.0. The lowest BCUT2D eigenvalue weighted by molar-refractivity contribution is -0.169. The number of ether oxygens (including phenoxy) is 1. The van der Waals surface area contributed by atoms with Gasteiger partial charge in [0.25, 0.3) is 0 Å². The number of hydrogen-bond acceptors (Lipinski definition) is 4. The molecular formula is C26H28N2O5. The summed E-state index contributed by atoms with van der Waals surface area (Å²) in [5, 5.41) is 12.0. The van der Waals surface area contributed by atoms with E-state index in [-0.39, 0.29) is 25.0 Å². The molecule has 172 valence electrons. The fraction of sp³-hybridized carbons (Fsp3) is 0.346. The standard InChI is InChI=1S/C26H28N2O5/c1-16(23(29)28-15-26(2,3)22(28)24(30)31)12-13-27-25(32)33-14-21-19-10-6-4-8-17(19)18-9-5-7-11-20(18)21/h4-12,21-22H,13-15H2,1-3H3,(H,27,32)(H,30,31)/b16-12+. The van der Waals surface area contributed by atoms with Crippen molar-refractivity contribution in [2.24, 2.45) is 5.41 Å². The van der Waals surface area contributed by atoms with Crippen LogP contribution in [0.1, 0.15) is 37.8 Å². The minimum absolute atomic E-state index is 0.0234. The van der Waals surface area contributed by atoms with Gasteiger partial charge in [-0.25, -0.2) is 9.59 Å². The number of hydrogen-bond donors (Lipinski definition) is 2. The van der Waals surface area contributed by atoms with Gasteiger partial charge in [-0.1, -0.05) is 68.5 Å². The second-order valence-electron chi connectivity index (χ2n) is 9.26. The van der Waals surface area contributed by atoms with Crippen LogP contribution in [0, 0.1) is 5.41 Å². The summed E-state index contributed by atoms with van der Waals surface area (Å²) in [4.78, 5) is 37.7. The highest BCUT2D eigenvalue weighted by atomic mass is 16.5. The van der Waals surface area contributed by atoms with Crippen molar-refractivity contribution in [3.8, 4) is 11.1 Å². The van der Waals surface area contributed by atoms with Gasteiger partial charge in [0.1, 0.15) is 12.6 Å². The fourth-order valence-corrected chi connectivity index (χ4v) is 4.83. The third-order valence-electron chi connectivity index (χ3n) is 6.46. The molecule has 2 aromatic rings. The van der Waals surface area contributed by atoms with Gasteiger partial charge in [0.05, 0.1) is 0 Å². The number of carboxylic acids is 1. The third kappa shape index (κ3) is 4.23. The first kappa shape index (κ1) is 22.6. The summed E-state index contributed by atoms with van der Waals surface area (Å²) in [6, 6.07) is 15.4. The molecule has 0 radical (unpaired) electrons. The van der Waals surface area contributed by atoms with E-state index in [1.165, 1.54) is 4.90 Å². The molecule has 1 atom stereocenters. The fourth-order valence-electron chi connectivity index (χ4n) is 4.83. The number of fused-ring (bicyclic) bond motifs is 3. The van der Waals surface area contributed by atoms with E-state index in [4.69, 9.17) is 4.74 Å². The van der Waals surface area contributed by atoms with Crippen LogP contribution < -0.4 is 5.32 Å². The molecule has 2 aliphatic rings. The van der Waals surface area contributed by atoms with Crippen LogP contribution in [0.15, 0.2) is 60.2 Å². The molecule has 2 amide bonds.